The molecule has 1 radical (unpaired) electrons. The van der Waals surface area contributed by atoms with Crippen molar-refractivity contribution in [2.24, 2.45) is 5.73 Å². The van der Waals surface area contributed by atoms with Crippen molar-refractivity contribution in [2.45, 2.75) is 24.8 Å². The Kier molecular flexibility index (Phi) is 1.68. The van der Waals surface area contributed by atoms with Gasteiger partial charge in [0.05, 0.1) is 11.2 Å². The lowest BCUT2D eigenvalue weighted by Gasteiger charge is -2.41. The molecule has 2 nitrogen and oxygen atoms in total. The molecule has 1 saturated carbocycles. The predicted octanol–water partition coefficient (Wildman–Crippen LogP) is 1.01. The molecule has 0 saturated heterocycles. The van der Waals surface area contributed by atoms with Crippen molar-refractivity contribution in [3.8, 4) is 0 Å². The molecular formula is C9H12FN2. The van der Waals surface area contributed by atoms with E-state index in [2.05, 4.69) is 11.4 Å². The highest BCUT2D eigenvalue weighted by Crippen LogP contribution is 2.36. The lowest BCUT2D eigenvalue weighted by molar-refractivity contribution is 0.276. The van der Waals surface area contributed by atoms with Gasteiger partial charge in [-0.1, -0.05) is 0 Å². The number of halogens is 1. The summed E-state index contributed by atoms with van der Waals surface area (Å²) in [6.07, 6.45) is 7.00. The fraction of sp³-hybridized carbons (Fsp3) is 0.556. The van der Waals surface area contributed by atoms with Crippen LogP contribution in [0.25, 0.3) is 0 Å². The molecule has 65 valence electrons. The van der Waals surface area contributed by atoms with Crippen molar-refractivity contribution in [3.63, 3.8) is 0 Å². The Morgan fingerprint density at radius 3 is 2.83 bits per heavy atom. The van der Waals surface area contributed by atoms with Crippen LogP contribution in [-0.2, 0) is 0 Å². The van der Waals surface area contributed by atoms with Crippen LogP contribution < -0.4 is 11.1 Å². The summed E-state index contributed by atoms with van der Waals surface area (Å²) < 4.78 is 13.2. The van der Waals surface area contributed by atoms with Crippen molar-refractivity contribution in [1.82, 2.24) is 5.32 Å². The van der Waals surface area contributed by atoms with Crippen LogP contribution in [0.2, 0.25) is 0 Å². The smallest absolute Gasteiger partial charge is 0.144 e. The third-order valence-electron chi connectivity index (χ3n) is 2.58. The van der Waals surface area contributed by atoms with E-state index in [0.717, 1.165) is 19.3 Å². The molecular weight excluding hydrogens is 155 g/mol. The Morgan fingerprint density at radius 2 is 2.33 bits per heavy atom. The molecule has 3 N–H and O–H groups in total. The van der Waals surface area contributed by atoms with E-state index in [1.807, 2.05) is 0 Å². The molecule has 0 aromatic heterocycles. The second kappa shape index (κ2) is 2.59. The van der Waals surface area contributed by atoms with Gasteiger partial charge in [0.15, 0.2) is 0 Å². The highest BCUT2D eigenvalue weighted by Gasteiger charge is 2.38. The fourth-order valence-corrected chi connectivity index (χ4v) is 1.66. The van der Waals surface area contributed by atoms with Crippen LogP contribution in [0, 0.1) is 6.08 Å². The molecule has 0 unspecified atom stereocenters. The van der Waals surface area contributed by atoms with Gasteiger partial charge in [-0.15, -0.1) is 0 Å². The molecule has 0 amide bonds. The van der Waals surface area contributed by atoms with Gasteiger partial charge in [0.1, 0.15) is 5.83 Å². The lowest BCUT2D eigenvalue weighted by atomic mass is 9.74. The average Bonchev–Trinajstić information content (AvgIpc) is 2.01. The third kappa shape index (κ3) is 1.05. The van der Waals surface area contributed by atoms with Crippen molar-refractivity contribution in [3.05, 3.63) is 23.7 Å². The minimum atomic E-state index is -0.414. The molecule has 12 heavy (non-hydrogen) atoms. The van der Waals surface area contributed by atoms with Gasteiger partial charge >= 0.3 is 0 Å². The Morgan fingerprint density at radius 1 is 1.58 bits per heavy atom. The maximum absolute atomic E-state index is 13.2. The summed E-state index contributed by atoms with van der Waals surface area (Å²) in [5.41, 5.74) is 6.12. The molecule has 0 aromatic rings. The Hall–Kier alpha value is -0.830. The summed E-state index contributed by atoms with van der Waals surface area (Å²) in [5.74, 6) is -0.247. The second-order valence-electron chi connectivity index (χ2n) is 3.43. The van der Waals surface area contributed by atoms with Gasteiger partial charge in [-0.3, -0.25) is 0 Å². The van der Waals surface area contributed by atoms with Crippen LogP contribution in [0.1, 0.15) is 19.3 Å². The van der Waals surface area contributed by atoms with Crippen molar-refractivity contribution in [2.75, 3.05) is 6.54 Å². The molecule has 0 aromatic carbocycles. The Bertz CT molecular complexity index is 251. The van der Waals surface area contributed by atoms with E-state index in [1.165, 1.54) is 6.08 Å². The van der Waals surface area contributed by atoms with Crippen LogP contribution in [0.3, 0.4) is 0 Å². The first-order valence-electron chi connectivity index (χ1n) is 4.22. The van der Waals surface area contributed by atoms with Gasteiger partial charge in [0.2, 0.25) is 0 Å². The predicted molar refractivity (Wildman–Crippen MR) is 44.7 cm³/mol. The highest BCUT2D eigenvalue weighted by atomic mass is 19.1. The van der Waals surface area contributed by atoms with E-state index in [4.69, 9.17) is 5.73 Å². The summed E-state index contributed by atoms with van der Waals surface area (Å²) in [6, 6.07) is 0. The van der Waals surface area contributed by atoms with E-state index in [-0.39, 0.29) is 5.83 Å². The van der Waals surface area contributed by atoms with E-state index in [0.29, 0.717) is 12.2 Å². The molecule has 1 aliphatic carbocycles. The molecule has 0 atom stereocenters. The number of hydrogen-bond acceptors (Lipinski definition) is 2. The summed E-state index contributed by atoms with van der Waals surface area (Å²) in [5, 5.41) is 2.95. The van der Waals surface area contributed by atoms with E-state index < -0.39 is 5.54 Å². The average molecular weight is 167 g/mol. The normalized spacial score (nSPS) is 26.5. The Labute approximate surface area is 71.3 Å². The molecule has 1 aliphatic heterocycles. The maximum Gasteiger partial charge on any atom is 0.144 e. The molecule has 3 heteroatoms. The van der Waals surface area contributed by atoms with Gasteiger partial charge in [-0.05, 0) is 31.4 Å². The number of allylic oxidation sites excluding steroid dienone is 2. The minimum absolute atomic E-state index is 0.247. The van der Waals surface area contributed by atoms with E-state index in [1.54, 1.807) is 0 Å². The number of hydrogen-bond donors (Lipinski definition) is 2. The fourth-order valence-electron chi connectivity index (χ4n) is 1.66. The SMILES string of the molecule is NC1(C2=C(F)C=[C]CN2)CCC1. The topological polar surface area (TPSA) is 38.0 Å². The molecule has 0 spiro atoms. The zero-order chi connectivity index (χ0) is 8.60. The van der Waals surface area contributed by atoms with Gasteiger partial charge in [0, 0.05) is 6.54 Å². The van der Waals surface area contributed by atoms with Crippen molar-refractivity contribution < 1.29 is 4.39 Å². The van der Waals surface area contributed by atoms with Gasteiger partial charge in [-0.2, -0.15) is 0 Å². The van der Waals surface area contributed by atoms with Crippen LogP contribution >= 0.6 is 0 Å². The number of nitrogens with one attached hydrogen (secondary N) is 1. The number of dihydropyridines is 1. The largest absolute Gasteiger partial charge is 0.380 e. The van der Waals surface area contributed by atoms with E-state index in [9.17, 15) is 4.39 Å². The molecule has 2 rings (SSSR count). The summed E-state index contributed by atoms with van der Waals surface area (Å²) >= 11 is 0. The monoisotopic (exact) mass is 167 g/mol. The zero-order valence-corrected chi connectivity index (χ0v) is 6.86. The van der Waals surface area contributed by atoms with Crippen LogP contribution in [0.15, 0.2) is 17.6 Å². The standard InChI is InChI=1S/C9H12FN2/c10-7-3-1-6-12-8(7)9(11)4-2-5-9/h3,12H,2,4-6,11H2. The lowest BCUT2D eigenvalue weighted by Crippen LogP contribution is -2.53. The molecule has 0 bridgehead atoms. The first-order chi connectivity index (χ1) is 5.72. The molecule has 2 aliphatic rings. The zero-order valence-electron chi connectivity index (χ0n) is 6.86. The highest BCUT2D eigenvalue weighted by molar-refractivity contribution is 5.31. The second-order valence-corrected chi connectivity index (χ2v) is 3.43. The molecule has 1 heterocycles. The molecule has 1 fully saturated rings. The van der Waals surface area contributed by atoms with E-state index >= 15 is 0 Å². The summed E-state index contributed by atoms with van der Waals surface area (Å²) in [7, 11) is 0. The first-order valence-corrected chi connectivity index (χ1v) is 4.22. The number of nitrogens with two attached hydrogens (primary N) is 1. The van der Waals surface area contributed by atoms with Gasteiger partial charge in [-0.25, -0.2) is 4.39 Å². The van der Waals surface area contributed by atoms with Crippen molar-refractivity contribution >= 4 is 0 Å². The van der Waals surface area contributed by atoms with Gasteiger partial charge in [0.25, 0.3) is 0 Å². The van der Waals surface area contributed by atoms with Gasteiger partial charge < -0.3 is 11.1 Å². The van der Waals surface area contributed by atoms with Crippen LogP contribution in [0.5, 0.6) is 0 Å². The number of rotatable bonds is 1. The quantitative estimate of drug-likeness (QED) is 0.611. The summed E-state index contributed by atoms with van der Waals surface area (Å²) in [4.78, 5) is 0. The van der Waals surface area contributed by atoms with Crippen LogP contribution in [-0.4, -0.2) is 12.1 Å². The van der Waals surface area contributed by atoms with Crippen LogP contribution in [0.4, 0.5) is 4.39 Å². The Balaban J connectivity index is 2.25. The van der Waals surface area contributed by atoms with Crippen molar-refractivity contribution in [1.29, 1.82) is 0 Å². The minimum Gasteiger partial charge on any atom is -0.380 e. The maximum atomic E-state index is 13.2. The summed E-state index contributed by atoms with van der Waals surface area (Å²) in [6.45, 7) is 0.571. The third-order valence-corrected chi connectivity index (χ3v) is 2.58. The first kappa shape index (κ1) is 7.80.